The zero-order valence-corrected chi connectivity index (χ0v) is 14.6. The van der Waals surface area contributed by atoms with E-state index in [0.717, 1.165) is 24.2 Å². The van der Waals surface area contributed by atoms with E-state index in [1.807, 2.05) is 0 Å². The molecule has 1 heterocycles. The summed E-state index contributed by atoms with van der Waals surface area (Å²) in [6.07, 6.45) is 9.38. The van der Waals surface area contributed by atoms with Crippen LogP contribution < -0.4 is 16.6 Å². The SMILES string of the molecule is NC(=O)N1CCC[C@@H]1C(=O)NNC(=O)CC12CC3CC(CC(C3)C1)C2. The van der Waals surface area contributed by atoms with Crippen molar-refractivity contribution in [3.63, 3.8) is 0 Å². The molecule has 0 unspecified atom stereocenters. The van der Waals surface area contributed by atoms with Gasteiger partial charge in [-0.15, -0.1) is 0 Å². The summed E-state index contributed by atoms with van der Waals surface area (Å²) in [6, 6.07) is -1.16. The fourth-order valence-electron chi connectivity index (χ4n) is 6.41. The first-order valence-corrected chi connectivity index (χ1v) is 9.59. The molecule has 5 rings (SSSR count). The van der Waals surface area contributed by atoms with Gasteiger partial charge in [-0.3, -0.25) is 20.4 Å². The molecule has 4 amide bonds. The Bertz CT molecular complexity index is 556. The van der Waals surface area contributed by atoms with Crippen molar-refractivity contribution in [2.75, 3.05) is 6.54 Å². The molecule has 0 aromatic carbocycles. The lowest BCUT2D eigenvalue weighted by Crippen LogP contribution is -2.54. The van der Waals surface area contributed by atoms with Gasteiger partial charge in [0.1, 0.15) is 6.04 Å². The van der Waals surface area contributed by atoms with Gasteiger partial charge in [-0.25, -0.2) is 4.79 Å². The maximum absolute atomic E-state index is 12.4. The van der Waals surface area contributed by atoms with Crippen molar-refractivity contribution < 1.29 is 14.4 Å². The number of primary amides is 1. The predicted molar refractivity (Wildman–Crippen MR) is 90.8 cm³/mol. The lowest BCUT2D eigenvalue weighted by molar-refractivity contribution is -0.135. The number of hydrazine groups is 1. The van der Waals surface area contributed by atoms with Crippen LogP contribution in [-0.2, 0) is 9.59 Å². The number of urea groups is 1. The third-order valence-corrected chi connectivity index (χ3v) is 6.86. The van der Waals surface area contributed by atoms with Crippen LogP contribution in [0.4, 0.5) is 4.79 Å². The zero-order chi connectivity index (χ0) is 17.6. The minimum absolute atomic E-state index is 0.112. The van der Waals surface area contributed by atoms with Gasteiger partial charge < -0.3 is 10.6 Å². The first-order valence-electron chi connectivity index (χ1n) is 9.59. The Kier molecular flexibility index (Phi) is 4.12. The van der Waals surface area contributed by atoms with Gasteiger partial charge in [-0.05, 0) is 74.5 Å². The molecule has 0 aromatic rings. The molecule has 1 aliphatic heterocycles. The Morgan fingerprint density at radius 1 is 1.00 bits per heavy atom. The predicted octanol–water partition coefficient (Wildman–Crippen LogP) is 1.28. The second-order valence-electron chi connectivity index (χ2n) is 8.82. The minimum Gasteiger partial charge on any atom is -0.351 e. The molecule has 7 nitrogen and oxygen atoms in total. The number of carbonyl (C=O) groups is 3. The van der Waals surface area contributed by atoms with Crippen molar-refractivity contribution in [1.29, 1.82) is 0 Å². The third kappa shape index (κ3) is 3.20. The maximum atomic E-state index is 12.4. The molecular formula is C18H28N4O3. The second kappa shape index (κ2) is 6.18. The number of carbonyl (C=O) groups excluding carboxylic acids is 3. The van der Waals surface area contributed by atoms with E-state index in [-0.39, 0.29) is 17.2 Å². The molecule has 0 aromatic heterocycles. The Labute approximate surface area is 148 Å². The molecule has 4 bridgehead atoms. The zero-order valence-electron chi connectivity index (χ0n) is 14.6. The van der Waals surface area contributed by atoms with Crippen LogP contribution in [0.5, 0.6) is 0 Å². The minimum atomic E-state index is -0.586. The number of nitrogens with two attached hydrogens (primary N) is 1. The van der Waals surface area contributed by atoms with Crippen LogP contribution in [-0.4, -0.2) is 35.3 Å². The number of amides is 4. The summed E-state index contributed by atoms with van der Waals surface area (Å²) in [5, 5.41) is 0. The Balaban J connectivity index is 1.30. The van der Waals surface area contributed by atoms with Gasteiger partial charge in [-0.1, -0.05) is 0 Å². The number of nitrogens with zero attached hydrogens (tertiary/aromatic N) is 1. The van der Waals surface area contributed by atoms with Gasteiger partial charge in [0, 0.05) is 13.0 Å². The van der Waals surface area contributed by atoms with Gasteiger partial charge in [-0.2, -0.15) is 0 Å². The Morgan fingerprint density at radius 2 is 1.60 bits per heavy atom. The third-order valence-electron chi connectivity index (χ3n) is 6.86. The smallest absolute Gasteiger partial charge is 0.315 e. The summed E-state index contributed by atoms with van der Waals surface area (Å²) < 4.78 is 0. The highest BCUT2D eigenvalue weighted by Gasteiger charge is 2.51. The molecule has 4 N–H and O–H groups in total. The van der Waals surface area contributed by atoms with Crippen molar-refractivity contribution in [3.05, 3.63) is 0 Å². The Morgan fingerprint density at radius 3 is 2.16 bits per heavy atom. The van der Waals surface area contributed by atoms with Crippen LogP contribution in [0.2, 0.25) is 0 Å². The molecule has 25 heavy (non-hydrogen) atoms. The van der Waals surface area contributed by atoms with Gasteiger partial charge in [0.2, 0.25) is 5.91 Å². The van der Waals surface area contributed by atoms with E-state index in [2.05, 4.69) is 10.9 Å². The molecule has 1 saturated heterocycles. The van der Waals surface area contributed by atoms with E-state index in [1.165, 1.54) is 43.4 Å². The van der Waals surface area contributed by atoms with Crippen LogP contribution >= 0.6 is 0 Å². The van der Waals surface area contributed by atoms with Crippen molar-refractivity contribution in [2.45, 2.75) is 63.8 Å². The summed E-state index contributed by atoms with van der Waals surface area (Å²) in [4.78, 5) is 37.4. The first-order chi connectivity index (χ1) is 11.9. The van der Waals surface area contributed by atoms with E-state index in [0.29, 0.717) is 19.4 Å². The number of hydrogen-bond donors (Lipinski definition) is 3. The highest BCUT2D eigenvalue weighted by molar-refractivity contribution is 5.89. The van der Waals surface area contributed by atoms with E-state index in [1.54, 1.807) is 0 Å². The largest absolute Gasteiger partial charge is 0.351 e. The summed E-state index contributed by atoms with van der Waals surface area (Å²) in [6.45, 7) is 0.495. The molecule has 0 spiro atoms. The molecule has 5 aliphatic rings. The number of hydrogen-bond acceptors (Lipinski definition) is 3. The molecule has 4 aliphatic carbocycles. The average Bonchev–Trinajstić information content (AvgIpc) is 3.00. The summed E-state index contributed by atoms with van der Waals surface area (Å²) >= 11 is 0. The number of likely N-dealkylation sites (tertiary alicyclic amines) is 1. The molecule has 1 atom stereocenters. The highest BCUT2D eigenvalue weighted by Crippen LogP contribution is 2.61. The average molecular weight is 348 g/mol. The van der Waals surface area contributed by atoms with Crippen LogP contribution in [0.15, 0.2) is 0 Å². The maximum Gasteiger partial charge on any atom is 0.315 e. The van der Waals surface area contributed by atoms with Crippen molar-refractivity contribution in [2.24, 2.45) is 28.9 Å². The second-order valence-corrected chi connectivity index (χ2v) is 8.82. The van der Waals surface area contributed by atoms with Gasteiger partial charge >= 0.3 is 6.03 Å². The van der Waals surface area contributed by atoms with Crippen molar-refractivity contribution in [1.82, 2.24) is 15.8 Å². The van der Waals surface area contributed by atoms with E-state index in [4.69, 9.17) is 5.73 Å². The van der Waals surface area contributed by atoms with Gasteiger partial charge in [0.05, 0.1) is 0 Å². The van der Waals surface area contributed by atoms with Gasteiger partial charge in [0.25, 0.3) is 5.91 Å². The summed E-state index contributed by atoms with van der Waals surface area (Å²) in [5.41, 5.74) is 10.5. The van der Waals surface area contributed by atoms with Crippen LogP contribution in [0.1, 0.15) is 57.8 Å². The molecule has 138 valence electrons. The number of rotatable bonds is 3. The highest BCUT2D eigenvalue weighted by atomic mass is 16.2. The molecule has 5 fully saturated rings. The lowest BCUT2D eigenvalue weighted by Gasteiger charge is -2.56. The lowest BCUT2D eigenvalue weighted by atomic mass is 9.49. The summed E-state index contributed by atoms with van der Waals surface area (Å²) in [5.74, 6) is 1.94. The van der Waals surface area contributed by atoms with E-state index in [9.17, 15) is 14.4 Å². The number of nitrogens with one attached hydrogen (secondary N) is 2. The van der Waals surface area contributed by atoms with E-state index < -0.39 is 12.1 Å². The monoisotopic (exact) mass is 348 g/mol. The van der Waals surface area contributed by atoms with Crippen LogP contribution in [0, 0.1) is 23.2 Å². The first kappa shape index (κ1) is 16.7. The van der Waals surface area contributed by atoms with Crippen molar-refractivity contribution in [3.8, 4) is 0 Å². The molecular weight excluding hydrogens is 320 g/mol. The standard InChI is InChI=1S/C18H28N4O3/c19-17(25)22-3-1-2-14(22)16(24)21-20-15(23)10-18-7-11-4-12(8-18)6-13(5-11)9-18/h11-14H,1-10H2,(H2,19,25)(H,20,23)(H,21,24)/t11?,12?,13?,14-,18?/m1/s1. The Hall–Kier alpha value is -1.79. The van der Waals surface area contributed by atoms with Crippen LogP contribution in [0.25, 0.3) is 0 Å². The normalized spacial score (nSPS) is 38.6. The van der Waals surface area contributed by atoms with Crippen molar-refractivity contribution >= 4 is 17.8 Å². The molecule has 7 heteroatoms. The molecule has 0 radical (unpaired) electrons. The summed E-state index contributed by atoms with van der Waals surface area (Å²) in [7, 11) is 0. The quantitative estimate of drug-likeness (QED) is 0.669. The van der Waals surface area contributed by atoms with Gasteiger partial charge in [0.15, 0.2) is 0 Å². The van der Waals surface area contributed by atoms with Crippen LogP contribution in [0.3, 0.4) is 0 Å². The topological polar surface area (TPSA) is 105 Å². The fraction of sp³-hybridized carbons (Fsp3) is 0.833. The molecule has 4 saturated carbocycles. The fourth-order valence-corrected chi connectivity index (χ4v) is 6.41. The van der Waals surface area contributed by atoms with E-state index >= 15 is 0 Å².